The second kappa shape index (κ2) is 7.62. The first-order valence-electron chi connectivity index (χ1n) is 6.27. The molecular formula is C12H11BBrClN2O5. The molecule has 116 valence electrons. The van der Waals surface area contributed by atoms with Crippen LogP contribution >= 0.6 is 27.5 Å². The molecule has 2 N–H and O–H groups in total. The van der Waals surface area contributed by atoms with Crippen molar-refractivity contribution in [2.45, 2.75) is 0 Å². The first-order chi connectivity index (χ1) is 10.5. The molecule has 7 nitrogen and oxygen atoms in total. The highest BCUT2D eigenvalue weighted by atomic mass is 79.9. The third-order valence-corrected chi connectivity index (χ3v) is 3.52. The van der Waals surface area contributed by atoms with Gasteiger partial charge >= 0.3 is 13.1 Å². The second-order valence-corrected chi connectivity index (χ2v) is 5.66. The Kier molecular flexibility index (Phi) is 5.81. The van der Waals surface area contributed by atoms with Gasteiger partial charge in [-0.25, -0.2) is 0 Å². The zero-order valence-corrected chi connectivity index (χ0v) is 13.6. The quantitative estimate of drug-likeness (QED) is 0.718. The maximum Gasteiger partial charge on any atom is 0.548 e. The fourth-order valence-corrected chi connectivity index (χ4v) is 2.23. The summed E-state index contributed by atoms with van der Waals surface area (Å²) in [6.07, 6.45) is 0.0259. The maximum atomic E-state index is 11.9. The van der Waals surface area contributed by atoms with E-state index in [-0.39, 0.29) is 30.2 Å². The van der Waals surface area contributed by atoms with Gasteiger partial charge in [-0.05, 0) is 18.2 Å². The van der Waals surface area contributed by atoms with Crippen molar-refractivity contribution in [3.63, 3.8) is 0 Å². The molecule has 1 fully saturated rings. The lowest BCUT2D eigenvalue weighted by atomic mass is 9.91. The highest BCUT2D eigenvalue weighted by molar-refractivity contribution is 9.10. The van der Waals surface area contributed by atoms with Gasteiger partial charge in [0.15, 0.2) is 0 Å². The molecule has 1 aromatic rings. The molecule has 1 aliphatic rings. The van der Waals surface area contributed by atoms with Crippen LogP contribution in [0.15, 0.2) is 22.7 Å². The minimum atomic E-state index is -0.785. The Balaban J connectivity index is 1.77. The average Bonchev–Trinajstić information content (AvgIpc) is 2.90. The number of benzene rings is 1. The van der Waals surface area contributed by atoms with E-state index < -0.39 is 24.9 Å². The van der Waals surface area contributed by atoms with Crippen molar-refractivity contribution in [3.05, 3.63) is 33.3 Å². The Morgan fingerprint density at radius 2 is 2.14 bits per heavy atom. The molecule has 1 aromatic carbocycles. The largest absolute Gasteiger partial charge is 0.548 e. The normalized spacial score (nSPS) is 13.7. The number of halogens is 2. The lowest BCUT2D eigenvalue weighted by molar-refractivity contribution is -0.132. The van der Waals surface area contributed by atoms with Gasteiger partial charge in [-0.1, -0.05) is 27.5 Å². The van der Waals surface area contributed by atoms with Gasteiger partial charge < -0.3 is 19.9 Å². The summed E-state index contributed by atoms with van der Waals surface area (Å²) in [5, 5.41) is 5.21. The van der Waals surface area contributed by atoms with Gasteiger partial charge in [0.2, 0.25) is 5.91 Å². The van der Waals surface area contributed by atoms with Crippen LogP contribution in [0.5, 0.6) is 0 Å². The Bertz CT molecular complexity index is 615. The Morgan fingerprint density at radius 3 is 2.82 bits per heavy atom. The van der Waals surface area contributed by atoms with E-state index in [1.807, 2.05) is 0 Å². The summed E-state index contributed by atoms with van der Waals surface area (Å²) in [6, 6.07) is 4.84. The van der Waals surface area contributed by atoms with Crippen LogP contribution in [0.25, 0.3) is 0 Å². The predicted molar refractivity (Wildman–Crippen MR) is 82.3 cm³/mol. The summed E-state index contributed by atoms with van der Waals surface area (Å²) in [5.74, 6) is -1.38. The van der Waals surface area contributed by atoms with Gasteiger partial charge in [-0.15, -0.1) is 0 Å². The van der Waals surface area contributed by atoms with Crippen LogP contribution in [0.2, 0.25) is 5.02 Å². The summed E-state index contributed by atoms with van der Waals surface area (Å²) in [6.45, 7) is -0.360. The standard InChI is InChI=1S/C12H11BBrClN2O5/c14-7-1-2-9(15)8(3-7)12(20)16-4-10(18)17-6-13-21-5-11(19)22-13/h1-3H,4-6H2,(H,16,20)(H,17,18). The molecular weight excluding hydrogens is 378 g/mol. The highest BCUT2D eigenvalue weighted by Crippen LogP contribution is 2.20. The molecule has 0 bridgehead atoms. The van der Waals surface area contributed by atoms with Gasteiger partial charge in [-0.2, -0.15) is 0 Å². The Labute approximate surface area is 139 Å². The van der Waals surface area contributed by atoms with E-state index >= 15 is 0 Å². The molecule has 0 unspecified atom stereocenters. The van der Waals surface area contributed by atoms with Crippen LogP contribution in [-0.4, -0.2) is 44.5 Å². The number of hydrogen-bond acceptors (Lipinski definition) is 5. The summed E-state index contributed by atoms with van der Waals surface area (Å²) in [4.78, 5) is 34.3. The minimum Gasteiger partial charge on any atom is -0.507 e. The number of amides is 2. The van der Waals surface area contributed by atoms with Crippen molar-refractivity contribution in [1.82, 2.24) is 10.6 Å². The third kappa shape index (κ3) is 4.72. The first kappa shape index (κ1) is 16.8. The smallest absolute Gasteiger partial charge is 0.507 e. The lowest BCUT2D eigenvalue weighted by Gasteiger charge is -2.08. The first-order valence-corrected chi connectivity index (χ1v) is 7.44. The third-order valence-electron chi connectivity index (χ3n) is 2.70. The van der Waals surface area contributed by atoms with Crippen molar-refractivity contribution in [3.8, 4) is 0 Å². The molecule has 1 heterocycles. The maximum absolute atomic E-state index is 11.9. The molecule has 0 spiro atoms. The van der Waals surface area contributed by atoms with Crippen LogP contribution < -0.4 is 10.6 Å². The fourth-order valence-electron chi connectivity index (χ4n) is 1.66. The molecule has 0 radical (unpaired) electrons. The molecule has 1 saturated heterocycles. The lowest BCUT2D eigenvalue weighted by Crippen LogP contribution is -2.42. The molecule has 2 rings (SSSR count). The Morgan fingerprint density at radius 1 is 1.36 bits per heavy atom. The summed E-state index contributed by atoms with van der Waals surface area (Å²) < 4.78 is 10.4. The van der Waals surface area contributed by atoms with E-state index in [1.165, 1.54) is 0 Å². The van der Waals surface area contributed by atoms with Gasteiger partial charge in [0, 0.05) is 4.47 Å². The molecule has 10 heteroatoms. The highest BCUT2D eigenvalue weighted by Gasteiger charge is 2.31. The van der Waals surface area contributed by atoms with Crippen molar-refractivity contribution in [1.29, 1.82) is 0 Å². The van der Waals surface area contributed by atoms with Crippen LogP contribution in [-0.2, 0) is 18.9 Å². The zero-order valence-electron chi connectivity index (χ0n) is 11.2. The van der Waals surface area contributed by atoms with Crippen LogP contribution in [0.3, 0.4) is 0 Å². The van der Waals surface area contributed by atoms with Crippen LogP contribution in [0.1, 0.15) is 10.4 Å². The monoisotopic (exact) mass is 388 g/mol. The topological polar surface area (TPSA) is 93.7 Å². The number of rotatable bonds is 5. The fraction of sp³-hybridized carbons (Fsp3) is 0.250. The van der Waals surface area contributed by atoms with E-state index in [9.17, 15) is 14.4 Å². The summed E-state index contributed by atoms with van der Waals surface area (Å²) in [5.41, 5.74) is 0.261. The van der Waals surface area contributed by atoms with Crippen LogP contribution in [0, 0.1) is 0 Å². The van der Waals surface area contributed by atoms with Crippen molar-refractivity contribution in [2.75, 3.05) is 19.6 Å². The van der Waals surface area contributed by atoms with Crippen molar-refractivity contribution in [2.24, 2.45) is 0 Å². The second-order valence-electron chi connectivity index (χ2n) is 4.34. The van der Waals surface area contributed by atoms with Crippen molar-refractivity contribution >= 4 is 52.4 Å². The van der Waals surface area contributed by atoms with Gasteiger partial charge in [0.05, 0.1) is 23.6 Å². The molecule has 0 saturated carbocycles. The SMILES string of the molecule is O=C(CNC(=O)c1cc(Br)ccc1Cl)NCB1OCC(=O)O1. The number of nitrogens with one attached hydrogen (secondary N) is 2. The Hall–Kier alpha value is -1.58. The molecule has 0 aliphatic carbocycles. The zero-order chi connectivity index (χ0) is 16.1. The van der Waals surface area contributed by atoms with Gasteiger partial charge in [0.25, 0.3) is 5.91 Å². The van der Waals surface area contributed by atoms with E-state index in [0.29, 0.717) is 4.47 Å². The summed E-state index contributed by atoms with van der Waals surface area (Å²) >= 11 is 9.16. The molecule has 1 aliphatic heterocycles. The van der Waals surface area contributed by atoms with E-state index in [4.69, 9.17) is 20.9 Å². The minimum absolute atomic E-state index is 0.0259. The van der Waals surface area contributed by atoms with Crippen molar-refractivity contribution < 1.29 is 23.7 Å². The van der Waals surface area contributed by atoms with Crippen LogP contribution in [0.4, 0.5) is 0 Å². The molecule has 0 atom stereocenters. The van der Waals surface area contributed by atoms with Gasteiger partial charge in [0.1, 0.15) is 6.61 Å². The predicted octanol–water partition coefficient (Wildman–Crippen LogP) is 0.549. The summed E-state index contributed by atoms with van der Waals surface area (Å²) in [7, 11) is -0.785. The number of carbonyl (C=O) groups is 3. The van der Waals surface area contributed by atoms with E-state index in [2.05, 4.69) is 26.6 Å². The van der Waals surface area contributed by atoms with E-state index in [0.717, 1.165) is 0 Å². The van der Waals surface area contributed by atoms with Gasteiger partial charge in [-0.3, -0.25) is 14.4 Å². The molecule has 2 amide bonds. The molecule has 22 heavy (non-hydrogen) atoms. The number of carbonyl (C=O) groups excluding carboxylic acids is 3. The number of hydrogen-bond donors (Lipinski definition) is 2. The average molecular weight is 389 g/mol. The molecule has 0 aromatic heterocycles. The van der Waals surface area contributed by atoms with E-state index in [1.54, 1.807) is 18.2 Å².